The predicted octanol–water partition coefficient (Wildman–Crippen LogP) is 4.71. The van der Waals surface area contributed by atoms with Crippen molar-refractivity contribution in [2.75, 3.05) is 0 Å². The largest absolute Gasteiger partial charge is 0.300 e. The van der Waals surface area contributed by atoms with Gasteiger partial charge in [-0.15, -0.1) is 11.3 Å². The van der Waals surface area contributed by atoms with Gasteiger partial charge in [0.15, 0.2) is 0 Å². The Morgan fingerprint density at radius 1 is 1.41 bits per heavy atom. The summed E-state index contributed by atoms with van der Waals surface area (Å²) < 4.78 is 0. The average molecular weight is 252 g/mol. The molecule has 17 heavy (non-hydrogen) atoms. The van der Waals surface area contributed by atoms with Gasteiger partial charge in [0.25, 0.3) is 0 Å². The summed E-state index contributed by atoms with van der Waals surface area (Å²) in [5.41, 5.74) is 0.327. The summed E-state index contributed by atoms with van der Waals surface area (Å²) >= 11 is 1.74. The summed E-state index contributed by atoms with van der Waals surface area (Å²) in [7, 11) is 0. The van der Waals surface area contributed by atoms with Crippen molar-refractivity contribution in [3.63, 3.8) is 0 Å². The zero-order valence-electron chi connectivity index (χ0n) is 11.5. The monoisotopic (exact) mass is 252 g/mol. The molecule has 0 saturated carbocycles. The molecule has 1 nitrogen and oxygen atoms in total. The van der Waals surface area contributed by atoms with Gasteiger partial charge in [0.2, 0.25) is 0 Å². The van der Waals surface area contributed by atoms with E-state index < -0.39 is 0 Å². The quantitative estimate of drug-likeness (QED) is 0.716. The molecule has 96 valence electrons. The number of aryl methyl sites for hydroxylation is 1. The Morgan fingerprint density at radius 3 is 2.65 bits per heavy atom. The minimum Gasteiger partial charge on any atom is -0.300 e. The summed E-state index contributed by atoms with van der Waals surface area (Å²) in [6, 6.07) is 4.16. The van der Waals surface area contributed by atoms with Crippen LogP contribution in [0.25, 0.3) is 0 Å². The van der Waals surface area contributed by atoms with Gasteiger partial charge >= 0.3 is 0 Å². The molecule has 2 heteroatoms. The molecule has 0 aliphatic heterocycles. The molecule has 0 saturated heterocycles. The second-order valence-corrected chi connectivity index (χ2v) is 7.22. The highest BCUT2D eigenvalue weighted by Crippen LogP contribution is 2.26. The summed E-state index contributed by atoms with van der Waals surface area (Å²) in [6.07, 6.45) is 3.48. The Kier molecular flexibility index (Phi) is 5.38. The van der Waals surface area contributed by atoms with E-state index in [1.54, 1.807) is 11.3 Å². The zero-order valence-corrected chi connectivity index (χ0v) is 12.3. The summed E-state index contributed by atoms with van der Waals surface area (Å²) in [5, 5.41) is 2.07. The molecule has 0 aliphatic carbocycles. The van der Waals surface area contributed by atoms with Crippen LogP contribution in [0.1, 0.15) is 51.8 Å². The maximum Gasteiger partial charge on any atom is 0.133 e. The maximum absolute atomic E-state index is 11.8. The van der Waals surface area contributed by atoms with Gasteiger partial charge in [-0.1, -0.05) is 33.8 Å². The number of carbonyl (C=O) groups is 1. The zero-order chi connectivity index (χ0) is 12.9. The van der Waals surface area contributed by atoms with Crippen molar-refractivity contribution in [3.05, 3.63) is 22.4 Å². The van der Waals surface area contributed by atoms with Gasteiger partial charge in [0, 0.05) is 17.7 Å². The first-order chi connectivity index (χ1) is 7.87. The lowest BCUT2D eigenvalue weighted by Gasteiger charge is -2.22. The van der Waals surface area contributed by atoms with Crippen molar-refractivity contribution in [2.24, 2.45) is 11.3 Å². The highest BCUT2D eigenvalue weighted by Gasteiger charge is 2.17. The molecule has 1 unspecified atom stereocenters. The highest BCUT2D eigenvalue weighted by molar-refractivity contribution is 7.09. The van der Waals surface area contributed by atoms with Crippen LogP contribution in [0.3, 0.4) is 0 Å². The van der Waals surface area contributed by atoms with Crippen LogP contribution < -0.4 is 0 Å². The number of hydrogen-bond donors (Lipinski definition) is 0. The molecule has 0 radical (unpaired) electrons. The minimum absolute atomic E-state index is 0.327. The third kappa shape index (κ3) is 6.62. The number of rotatable bonds is 6. The van der Waals surface area contributed by atoms with Crippen LogP contribution >= 0.6 is 11.3 Å². The smallest absolute Gasteiger partial charge is 0.133 e. The van der Waals surface area contributed by atoms with Crippen molar-refractivity contribution < 1.29 is 4.79 Å². The standard InChI is InChI=1S/C15H24OS/c1-12(11-15(2,3)4)10-13(16)7-8-14-6-5-9-17-14/h5-6,9,12H,7-8,10-11H2,1-4H3. The van der Waals surface area contributed by atoms with E-state index in [1.807, 2.05) is 6.07 Å². The van der Waals surface area contributed by atoms with Crippen LogP contribution in [-0.2, 0) is 11.2 Å². The van der Waals surface area contributed by atoms with Gasteiger partial charge in [0.05, 0.1) is 0 Å². The van der Waals surface area contributed by atoms with Crippen molar-refractivity contribution in [2.45, 2.75) is 53.4 Å². The van der Waals surface area contributed by atoms with Crippen LogP contribution in [0.4, 0.5) is 0 Å². The van der Waals surface area contributed by atoms with E-state index in [1.165, 1.54) is 4.88 Å². The minimum atomic E-state index is 0.327. The van der Waals surface area contributed by atoms with Crippen LogP contribution in [0, 0.1) is 11.3 Å². The van der Waals surface area contributed by atoms with Crippen molar-refractivity contribution in [1.82, 2.24) is 0 Å². The lowest BCUT2D eigenvalue weighted by atomic mass is 9.83. The Morgan fingerprint density at radius 2 is 2.12 bits per heavy atom. The van der Waals surface area contributed by atoms with Crippen LogP contribution in [0.2, 0.25) is 0 Å². The lowest BCUT2D eigenvalue weighted by Crippen LogP contribution is -2.14. The summed E-state index contributed by atoms with van der Waals surface area (Å²) in [6.45, 7) is 8.90. The highest BCUT2D eigenvalue weighted by atomic mass is 32.1. The molecule has 1 aromatic rings. The van der Waals surface area contributed by atoms with E-state index in [0.717, 1.165) is 19.3 Å². The van der Waals surface area contributed by atoms with Crippen molar-refractivity contribution >= 4 is 17.1 Å². The van der Waals surface area contributed by atoms with E-state index in [0.29, 0.717) is 23.5 Å². The molecular weight excluding hydrogens is 228 g/mol. The lowest BCUT2D eigenvalue weighted by molar-refractivity contribution is -0.120. The molecule has 0 amide bonds. The van der Waals surface area contributed by atoms with Crippen LogP contribution in [0.15, 0.2) is 17.5 Å². The predicted molar refractivity (Wildman–Crippen MR) is 75.5 cm³/mol. The molecule has 0 aliphatic rings. The Hall–Kier alpha value is -0.630. The Balaban J connectivity index is 2.25. The van der Waals surface area contributed by atoms with E-state index in [-0.39, 0.29) is 0 Å². The molecule has 1 aromatic heterocycles. The second-order valence-electron chi connectivity index (χ2n) is 6.19. The van der Waals surface area contributed by atoms with E-state index in [2.05, 4.69) is 39.1 Å². The fraction of sp³-hybridized carbons (Fsp3) is 0.667. The number of ketones is 1. The molecule has 1 atom stereocenters. The molecule has 0 aromatic carbocycles. The maximum atomic E-state index is 11.8. The normalized spacial score (nSPS) is 13.6. The molecule has 0 spiro atoms. The van der Waals surface area contributed by atoms with Gasteiger partial charge in [-0.3, -0.25) is 4.79 Å². The van der Waals surface area contributed by atoms with Crippen LogP contribution in [-0.4, -0.2) is 5.78 Å². The molecule has 1 heterocycles. The van der Waals surface area contributed by atoms with Gasteiger partial charge in [0.1, 0.15) is 5.78 Å². The third-order valence-electron chi connectivity index (χ3n) is 2.77. The Bertz CT molecular complexity index is 332. The van der Waals surface area contributed by atoms with Crippen molar-refractivity contribution in [3.8, 4) is 0 Å². The molecule has 0 fully saturated rings. The summed E-state index contributed by atoms with van der Waals surface area (Å²) in [4.78, 5) is 13.2. The fourth-order valence-corrected chi connectivity index (χ4v) is 3.03. The van der Waals surface area contributed by atoms with Gasteiger partial charge in [-0.25, -0.2) is 0 Å². The number of thiophene rings is 1. The number of Topliss-reactive ketones (excluding diaryl/α,β-unsaturated/α-hetero) is 1. The molecular formula is C15H24OS. The first-order valence-corrected chi connectivity index (χ1v) is 7.29. The fourth-order valence-electron chi connectivity index (χ4n) is 2.33. The third-order valence-corrected chi connectivity index (χ3v) is 3.70. The second kappa shape index (κ2) is 6.34. The molecule has 0 N–H and O–H groups in total. The average Bonchev–Trinajstić information content (AvgIpc) is 2.63. The van der Waals surface area contributed by atoms with E-state index in [4.69, 9.17) is 0 Å². The Labute approximate surface area is 109 Å². The van der Waals surface area contributed by atoms with Gasteiger partial charge in [-0.05, 0) is 35.6 Å². The van der Waals surface area contributed by atoms with Crippen LogP contribution in [0.5, 0.6) is 0 Å². The number of hydrogen-bond acceptors (Lipinski definition) is 2. The topological polar surface area (TPSA) is 17.1 Å². The van der Waals surface area contributed by atoms with E-state index >= 15 is 0 Å². The number of carbonyl (C=O) groups excluding carboxylic acids is 1. The molecule has 0 bridgehead atoms. The van der Waals surface area contributed by atoms with Gasteiger partial charge in [-0.2, -0.15) is 0 Å². The van der Waals surface area contributed by atoms with E-state index in [9.17, 15) is 4.79 Å². The first kappa shape index (κ1) is 14.4. The SMILES string of the molecule is CC(CC(=O)CCc1cccs1)CC(C)(C)C. The van der Waals surface area contributed by atoms with Crippen molar-refractivity contribution in [1.29, 1.82) is 0 Å². The van der Waals surface area contributed by atoms with Gasteiger partial charge < -0.3 is 0 Å². The first-order valence-electron chi connectivity index (χ1n) is 6.41. The molecule has 1 rings (SSSR count). The summed E-state index contributed by atoms with van der Waals surface area (Å²) in [5.74, 6) is 0.918.